The summed E-state index contributed by atoms with van der Waals surface area (Å²) in [6.45, 7) is 8.38. The molecule has 0 saturated carbocycles. The quantitative estimate of drug-likeness (QED) is 0.305. The molecule has 0 N–H and O–H groups in total. The first-order chi connectivity index (χ1) is 14.4. The third-order valence-electron chi connectivity index (χ3n) is 3.29. The van der Waals surface area contributed by atoms with Crippen LogP contribution in [0.1, 0.15) is 38.8 Å². The molecule has 3 heterocycles. The Hall–Kier alpha value is -3.26. The summed E-state index contributed by atoms with van der Waals surface area (Å²) in [5.41, 5.74) is 3.72. The van der Waals surface area contributed by atoms with Crippen molar-refractivity contribution in [2.45, 2.75) is 40.9 Å². The van der Waals surface area contributed by atoms with Gasteiger partial charge in [-0.3, -0.25) is 0 Å². The fourth-order valence-electron chi connectivity index (χ4n) is 2.01. The van der Waals surface area contributed by atoms with Crippen molar-refractivity contribution in [3.63, 3.8) is 0 Å². The van der Waals surface area contributed by atoms with E-state index in [0.29, 0.717) is 18.4 Å². The van der Waals surface area contributed by atoms with Gasteiger partial charge in [-0.2, -0.15) is 5.10 Å². The van der Waals surface area contributed by atoms with E-state index in [0.717, 1.165) is 28.4 Å². The van der Waals surface area contributed by atoms with Crippen LogP contribution in [0, 0.1) is 0 Å². The third-order valence-corrected chi connectivity index (χ3v) is 3.52. The molecule has 9 heteroatoms. The molecule has 3 aromatic heterocycles. The molecule has 3 aromatic rings. The molecule has 0 amide bonds. The lowest BCUT2D eigenvalue weighted by atomic mass is 10.3. The summed E-state index contributed by atoms with van der Waals surface area (Å²) >= 11 is 5.62. The molecule has 0 fully saturated rings. The molecular formula is C21H25ClN6O2. The highest BCUT2D eigenvalue weighted by Crippen LogP contribution is 2.07. The van der Waals surface area contributed by atoms with Gasteiger partial charge >= 0.3 is 0 Å². The van der Waals surface area contributed by atoms with Gasteiger partial charge in [0.25, 0.3) is 0 Å². The van der Waals surface area contributed by atoms with Crippen LogP contribution in [0.3, 0.4) is 0 Å². The lowest BCUT2D eigenvalue weighted by Gasteiger charge is -2.02. The van der Waals surface area contributed by atoms with Gasteiger partial charge in [0.2, 0.25) is 0 Å². The van der Waals surface area contributed by atoms with Crippen LogP contribution in [0.4, 0.5) is 0 Å². The highest BCUT2D eigenvalue weighted by Gasteiger charge is 1.98. The summed E-state index contributed by atoms with van der Waals surface area (Å²) in [6, 6.07) is 9.29. The van der Waals surface area contributed by atoms with E-state index in [4.69, 9.17) is 21.3 Å². The summed E-state index contributed by atoms with van der Waals surface area (Å²) < 4.78 is 1.71. The van der Waals surface area contributed by atoms with Crippen LogP contribution in [-0.2, 0) is 22.9 Å². The largest absolute Gasteiger partial charge is 0.391 e. The zero-order valence-corrected chi connectivity index (χ0v) is 18.2. The molecule has 0 spiro atoms. The highest BCUT2D eigenvalue weighted by molar-refractivity contribution is 6.29. The van der Waals surface area contributed by atoms with E-state index < -0.39 is 0 Å². The van der Waals surface area contributed by atoms with Crippen LogP contribution >= 0.6 is 11.6 Å². The summed E-state index contributed by atoms with van der Waals surface area (Å²) in [6.07, 6.45) is 7.00. The van der Waals surface area contributed by atoms with E-state index in [9.17, 15) is 0 Å². The number of pyridine rings is 2. The molecule has 0 atom stereocenters. The van der Waals surface area contributed by atoms with Crippen LogP contribution in [0.25, 0.3) is 5.82 Å². The molecule has 0 aliphatic carbocycles. The predicted octanol–water partition coefficient (Wildman–Crippen LogP) is 4.83. The first-order valence-corrected chi connectivity index (χ1v) is 9.63. The van der Waals surface area contributed by atoms with Crippen LogP contribution in [0.5, 0.6) is 0 Å². The predicted molar refractivity (Wildman–Crippen MR) is 118 cm³/mol. The highest BCUT2D eigenvalue weighted by atomic mass is 35.5. The van der Waals surface area contributed by atoms with Crippen molar-refractivity contribution in [2.24, 2.45) is 10.3 Å². The Morgan fingerprint density at radius 2 is 1.50 bits per heavy atom. The fourth-order valence-corrected chi connectivity index (χ4v) is 2.12. The number of oxime groups is 2. The maximum Gasteiger partial charge on any atom is 0.153 e. The fraction of sp³-hybridized carbons (Fsp3) is 0.286. The average Bonchev–Trinajstić information content (AvgIpc) is 3.25. The van der Waals surface area contributed by atoms with Gasteiger partial charge in [0.1, 0.15) is 18.4 Å². The SMILES string of the molecule is CC(C)=NOCc1ccc(-n2cccn2)nc1.CC(C)=NOCc1ccc(Cl)nc1. The Morgan fingerprint density at radius 3 is 1.93 bits per heavy atom. The summed E-state index contributed by atoms with van der Waals surface area (Å²) in [5, 5.41) is 12.2. The number of rotatable bonds is 7. The number of hydrogen-bond donors (Lipinski definition) is 0. The molecule has 0 unspecified atom stereocenters. The smallest absolute Gasteiger partial charge is 0.153 e. The Kier molecular flexibility index (Phi) is 9.47. The Morgan fingerprint density at radius 1 is 0.900 bits per heavy atom. The number of halogens is 1. The van der Waals surface area contributed by atoms with E-state index in [1.807, 2.05) is 58.2 Å². The van der Waals surface area contributed by atoms with Crippen molar-refractivity contribution in [1.82, 2.24) is 19.7 Å². The maximum atomic E-state index is 5.62. The summed E-state index contributed by atoms with van der Waals surface area (Å²) in [5.74, 6) is 0.786. The van der Waals surface area contributed by atoms with Crippen molar-refractivity contribution in [2.75, 3.05) is 0 Å². The second kappa shape index (κ2) is 12.3. The maximum absolute atomic E-state index is 5.62. The van der Waals surface area contributed by atoms with E-state index in [2.05, 4.69) is 25.4 Å². The van der Waals surface area contributed by atoms with Crippen molar-refractivity contribution in [1.29, 1.82) is 0 Å². The average molecular weight is 429 g/mol. The first-order valence-electron chi connectivity index (χ1n) is 9.25. The third kappa shape index (κ3) is 8.83. The molecule has 0 aromatic carbocycles. The van der Waals surface area contributed by atoms with E-state index >= 15 is 0 Å². The second-order valence-electron chi connectivity index (χ2n) is 6.59. The van der Waals surface area contributed by atoms with Crippen LogP contribution in [0.2, 0.25) is 5.15 Å². The van der Waals surface area contributed by atoms with Gasteiger partial charge in [-0.05, 0) is 45.9 Å². The van der Waals surface area contributed by atoms with Gasteiger partial charge in [-0.25, -0.2) is 14.6 Å². The van der Waals surface area contributed by atoms with Crippen molar-refractivity contribution < 1.29 is 9.68 Å². The summed E-state index contributed by atoms with van der Waals surface area (Å²) in [7, 11) is 0. The van der Waals surface area contributed by atoms with Gasteiger partial charge in [0.15, 0.2) is 5.82 Å². The monoisotopic (exact) mass is 428 g/mol. The van der Waals surface area contributed by atoms with E-state index in [1.165, 1.54) is 0 Å². The van der Waals surface area contributed by atoms with Gasteiger partial charge in [0, 0.05) is 35.9 Å². The zero-order chi connectivity index (χ0) is 21.8. The van der Waals surface area contributed by atoms with Crippen LogP contribution < -0.4 is 0 Å². The molecule has 0 bridgehead atoms. The molecule has 30 heavy (non-hydrogen) atoms. The number of aromatic nitrogens is 4. The molecule has 0 saturated heterocycles. The van der Waals surface area contributed by atoms with Crippen molar-refractivity contribution in [3.8, 4) is 5.82 Å². The molecule has 0 aliphatic heterocycles. The van der Waals surface area contributed by atoms with E-state index in [1.54, 1.807) is 29.3 Å². The molecule has 0 aliphatic rings. The van der Waals surface area contributed by atoms with Crippen LogP contribution in [0.15, 0.2) is 65.4 Å². The van der Waals surface area contributed by atoms with Crippen LogP contribution in [-0.4, -0.2) is 31.2 Å². The first kappa shape index (κ1) is 23.0. The molecule has 8 nitrogen and oxygen atoms in total. The number of nitrogens with zero attached hydrogens (tertiary/aromatic N) is 6. The second-order valence-corrected chi connectivity index (χ2v) is 6.98. The number of hydrogen-bond acceptors (Lipinski definition) is 7. The molecule has 158 valence electrons. The Labute approximate surface area is 181 Å². The van der Waals surface area contributed by atoms with Gasteiger partial charge in [-0.15, -0.1) is 0 Å². The minimum Gasteiger partial charge on any atom is -0.391 e. The normalized spacial score (nSPS) is 9.77. The molecule has 0 radical (unpaired) electrons. The summed E-state index contributed by atoms with van der Waals surface area (Å²) in [4.78, 5) is 18.4. The molecule has 3 rings (SSSR count). The van der Waals surface area contributed by atoms with Crippen molar-refractivity contribution >= 4 is 23.0 Å². The Balaban J connectivity index is 0.000000222. The zero-order valence-electron chi connectivity index (χ0n) is 17.5. The standard InChI is InChI=1S/C12H14N4O.C9H11ClN2O/c1-10(2)15-17-9-11-4-5-12(13-8-11)16-7-3-6-14-16;1-7(2)12-13-6-8-3-4-9(10)11-5-8/h3-8H,9H2,1-2H3;3-5H,6H2,1-2H3. The lowest BCUT2D eigenvalue weighted by molar-refractivity contribution is 0.130. The van der Waals surface area contributed by atoms with Gasteiger partial charge in [0.05, 0.1) is 11.4 Å². The van der Waals surface area contributed by atoms with Gasteiger partial charge in [-0.1, -0.05) is 34.0 Å². The van der Waals surface area contributed by atoms with Gasteiger partial charge < -0.3 is 9.68 Å². The molecular weight excluding hydrogens is 404 g/mol. The Bertz CT molecular complexity index is 931. The van der Waals surface area contributed by atoms with E-state index in [-0.39, 0.29) is 0 Å². The van der Waals surface area contributed by atoms with Crippen molar-refractivity contribution in [3.05, 3.63) is 71.4 Å². The topological polar surface area (TPSA) is 86.8 Å². The lowest BCUT2D eigenvalue weighted by Crippen LogP contribution is -1.98. The minimum absolute atomic E-state index is 0.426. The minimum atomic E-state index is 0.426.